The average molecular weight is 207 g/mol. The van der Waals surface area contributed by atoms with Gasteiger partial charge in [-0.25, -0.2) is 4.79 Å². The first kappa shape index (κ1) is 11.3. The number of carbonyl (C=O) groups is 1. The Balaban J connectivity index is 2.60. The van der Waals surface area contributed by atoms with E-state index in [-0.39, 0.29) is 5.56 Å². The van der Waals surface area contributed by atoms with Crippen LogP contribution in [0, 0.1) is 12.3 Å². The predicted octanol–water partition coefficient (Wildman–Crippen LogP) is 1.48. The topological polar surface area (TPSA) is 62.5 Å². The molecule has 4 nitrogen and oxygen atoms in total. The highest BCUT2D eigenvalue weighted by Gasteiger charge is 2.14. The van der Waals surface area contributed by atoms with Gasteiger partial charge in [-0.3, -0.25) is 5.32 Å². The third kappa shape index (κ3) is 3.15. The van der Waals surface area contributed by atoms with Crippen molar-refractivity contribution in [1.82, 2.24) is 5.32 Å². The quantitative estimate of drug-likeness (QED) is 0.734. The van der Waals surface area contributed by atoms with Gasteiger partial charge in [0.05, 0.1) is 17.6 Å². The van der Waals surface area contributed by atoms with Crippen molar-refractivity contribution < 1.29 is 14.3 Å². The van der Waals surface area contributed by atoms with Crippen molar-refractivity contribution in [3.63, 3.8) is 0 Å². The van der Waals surface area contributed by atoms with E-state index >= 15 is 0 Å². The zero-order valence-electron chi connectivity index (χ0n) is 8.70. The molecule has 0 unspecified atom stereocenters. The van der Waals surface area contributed by atoms with Crippen molar-refractivity contribution in [2.75, 3.05) is 0 Å². The van der Waals surface area contributed by atoms with Gasteiger partial charge in [-0.05, 0) is 19.9 Å². The number of terminal acetylenes is 1. The van der Waals surface area contributed by atoms with Crippen molar-refractivity contribution in [2.24, 2.45) is 0 Å². The highest BCUT2D eigenvalue weighted by molar-refractivity contribution is 5.87. The summed E-state index contributed by atoms with van der Waals surface area (Å²) in [7, 11) is 0. The molecular formula is C11H13NO3. The normalized spacial score (nSPS) is 11.0. The van der Waals surface area contributed by atoms with E-state index in [1.807, 2.05) is 13.8 Å². The molecule has 80 valence electrons. The molecule has 1 aromatic rings. The number of carboxylic acids is 1. The molecule has 0 aliphatic carbocycles. The van der Waals surface area contributed by atoms with E-state index in [0.717, 1.165) is 0 Å². The fraction of sp³-hybridized carbons (Fsp3) is 0.364. The van der Waals surface area contributed by atoms with Gasteiger partial charge >= 0.3 is 5.97 Å². The Morgan fingerprint density at radius 2 is 2.40 bits per heavy atom. The molecule has 4 heteroatoms. The van der Waals surface area contributed by atoms with Crippen LogP contribution in [0.2, 0.25) is 0 Å². The molecule has 0 saturated carbocycles. The van der Waals surface area contributed by atoms with Gasteiger partial charge in [0.2, 0.25) is 0 Å². The number of furan rings is 1. The number of carboxylic acid groups (broad SMARTS) is 1. The predicted molar refractivity (Wildman–Crippen MR) is 55.4 cm³/mol. The van der Waals surface area contributed by atoms with E-state index in [2.05, 4.69) is 11.2 Å². The summed E-state index contributed by atoms with van der Waals surface area (Å²) in [6.07, 6.45) is 6.50. The number of aromatic carboxylic acids is 1. The summed E-state index contributed by atoms with van der Waals surface area (Å²) < 4.78 is 5.05. The average Bonchev–Trinajstić information content (AvgIpc) is 2.63. The summed E-state index contributed by atoms with van der Waals surface area (Å²) >= 11 is 0. The third-order valence-corrected chi connectivity index (χ3v) is 1.97. The van der Waals surface area contributed by atoms with Crippen LogP contribution in [0.15, 0.2) is 16.7 Å². The monoisotopic (exact) mass is 207 g/mol. The van der Waals surface area contributed by atoms with Crippen LogP contribution in [-0.4, -0.2) is 16.6 Å². The lowest BCUT2D eigenvalue weighted by atomic mass is 10.1. The first-order chi connectivity index (χ1) is 6.94. The molecular weight excluding hydrogens is 194 g/mol. The highest BCUT2D eigenvalue weighted by atomic mass is 16.4. The maximum Gasteiger partial charge on any atom is 0.338 e. The van der Waals surface area contributed by atoms with E-state index in [1.54, 1.807) is 0 Å². The molecule has 0 aliphatic heterocycles. The van der Waals surface area contributed by atoms with Gasteiger partial charge in [-0.15, -0.1) is 6.42 Å². The summed E-state index contributed by atoms with van der Waals surface area (Å²) in [5.74, 6) is 2.12. The highest BCUT2D eigenvalue weighted by Crippen LogP contribution is 2.09. The van der Waals surface area contributed by atoms with Gasteiger partial charge in [0.15, 0.2) is 0 Å². The molecule has 0 saturated heterocycles. The van der Waals surface area contributed by atoms with Crippen molar-refractivity contribution in [1.29, 1.82) is 0 Å². The van der Waals surface area contributed by atoms with Gasteiger partial charge in [-0.2, -0.15) is 0 Å². The van der Waals surface area contributed by atoms with Crippen LogP contribution in [-0.2, 0) is 6.54 Å². The van der Waals surface area contributed by atoms with Crippen LogP contribution >= 0.6 is 0 Å². The van der Waals surface area contributed by atoms with Crippen LogP contribution in [0.1, 0.15) is 30.0 Å². The minimum absolute atomic E-state index is 0.144. The molecule has 1 heterocycles. The van der Waals surface area contributed by atoms with Crippen LogP contribution < -0.4 is 5.32 Å². The SMILES string of the molecule is C#CC(C)(C)NCc1cc(C(=O)O)co1. The van der Waals surface area contributed by atoms with Crippen molar-refractivity contribution in [2.45, 2.75) is 25.9 Å². The van der Waals surface area contributed by atoms with Crippen LogP contribution in [0.4, 0.5) is 0 Å². The Bertz CT molecular complexity index is 398. The third-order valence-electron chi connectivity index (χ3n) is 1.97. The lowest BCUT2D eigenvalue weighted by Crippen LogP contribution is -2.36. The van der Waals surface area contributed by atoms with Crippen molar-refractivity contribution in [3.05, 3.63) is 23.7 Å². The molecule has 0 aliphatic rings. The van der Waals surface area contributed by atoms with E-state index in [0.29, 0.717) is 12.3 Å². The van der Waals surface area contributed by atoms with E-state index in [4.69, 9.17) is 15.9 Å². The lowest BCUT2D eigenvalue weighted by Gasteiger charge is -2.18. The number of rotatable bonds is 4. The Morgan fingerprint density at radius 3 is 2.87 bits per heavy atom. The second-order valence-corrected chi connectivity index (χ2v) is 3.73. The zero-order valence-corrected chi connectivity index (χ0v) is 8.70. The molecule has 0 fully saturated rings. The first-order valence-corrected chi connectivity index (χ1v) is 4.48. The van der Waals surface area contributed by atoms with E-state index < -0.39 is 11.5 Å². The first-order valence-electron chi connectivity index (χ1n) is 4.48. The van der Waals surface area contributed by atoms with Gasteiger partial charge < -0.3 is 9.52 Å². The second-order valence-electron chi connectivity index (χ2n) is 3.73. The van der Waals surface area contributed by atoms with Crippen LogP contribution in [0.25, 0.3) is 0 Å². The van der Waals surface area contributed by atoms with Crippen molar-refractivity contribution in [3.8, 4) is 12.3 Å². The summed E-state index contributed by atoms with van der Waals surface area (Å²) in [5, 5.41) is 11.7. The standard InChI is InChI=1S/C11H13NO3/c1-4-11(2,3)12-6-9-5-8(7-15-9)10(13)14/h1,5,7,12H,6H2,2-3H3,(H,13,14). The molecule has 0 atom stereocenters. The summed E-state index contributed by atoms with van der Waals surface area (Å²) in [6, 6.07) is 1.47. The fourth-order valence-electron chi connectivity index (χ4n) is 0.945. The van der Waals surface area contributed by atoms with Gasteiger partial charge in [-0.1, -0.05) is 5.92 Å². The minimum Gasteiger partial charge on any atom is -0.478 e. The fourth-order valence-corrected chi connectivity index (χ4v) is 0.945. The molecule has 15 heavy (non-hydrogen) atoms. The molecule has 0 amide bonds. The maximum absolute atomic E-state index is 10.6. The molecule has 1 rings (SSSR count). The van der Waals surface area contributed by atoms with Crippen LogP contribution in [0.3, 0.4) is 0 Å². The Hall–Kier alpha value is -1.73. The molecule has 0 bridgehead atoms. The molecule has 0 radical (unpaired) electrons. The van der Waals surface area contributed by atoms with Crippen LogP contribution in [0.5, 0.6) is 0 Å². The Labute approximate surface area is 88.3 Å². The largest absolute Gasteiger partial charge is 0.478 e. The van der Waals surface area contributed by atoms with Crippen molar-refractivity contribution >= 4 is 5.97 Å². The minimum atomic E-state index is -0.999. The summed E-state index contributed by atoms with van der Waals surface area (Å²) in [4.78, 5) is 10.6. The molecule has 1 aromatic heterocycles. The van der Waals surface area contributed by atoms with Gasteiger partial charge in [0.25, 0.3) is 0 Å². The lowest BCUT2D eigenvalue weighted by molar-refractivity contribution is 0.0696. The summed E-state index contributed by atoms with van der Waals surface area (Å²) in [6.45, 7) is 4.12. The Morgan fingerprint density at radius 1 is 1.73 bits per heavy atom. The van der Waals surface area contributed by atoms with Gasteiger partial charge in [0.1, 0.15) is 12.0 Å². The van der Waals surface area contributed by atoms with Gasteiger partial charge in [0, 0.05) is 0 Å². The smallest absolute Gasteiger partial charge is 0.338 e. The summed E-state index contributed by atoms with van der Waals surface area (Å²) in [5.41, 5.74) is -0.291. The zero-order chi connectivity index (χ0) is 11.5. The molecule has 0 aromatic carbocycles. The molecule has 2 N–H and O–H groups in total. The maximum atomic E-state index is 10.6. The molecule has 0 spiro atoms. The number of nitrogens with one attached hydrogen (secondary N) is 1. The number of hydrogen-bond donors (Lipinski definition) is 2. The van der Waals surface area contributed by atoms with E-state index in [9.17, 15) is 4.79 Å². The van der Waals surface area contributed by atoms with E-state index in [1.165, 1.54) is 12.3 Å². The second kappa shape index (κ2) is 4.20. The Kier molecular flexibility index (Phi) is 3.17. The number of hydrogen-bond acceptors (Lipinski definition) is 3.